The number of hydrogen-bond donors (Lipinski definition) is 0. The van der Waals surface area contributed by atoms with E-state index in [4.69, 9.17) is 18.9 Å². The van der Waals surface area contributed by atoms with Gasteiger partial charge in [-0.2, -0.15) is 0 Å². The van der Waals surface area contributed by atoms with Gasteiger partial charge in [-0.15, -0.1) is 45.3 Å². The Bertz CT molecular complexity index is 3070. The van der Waals surface area contributed by atoms with Crippen molar-refractivity contribution < 1.29 is 18.9 Å². The smallest absolute Gasteiger partial charge is 0.195 e. The highest BCUT2D eigenvalue weighted by atomic mass is 32.1. The van der Waals surface area contributed by atoms with E-state index >= 15 is 4.79 Å². The lowest BCUT2D eigenvalue weighted by Gasteiger charge is -2.22. The summed E-state index contributed by atoms with van der Waals surface area (Å²) in [5.74, 6) is 3.13. The number of rotatable bonds is 16. The Kier molecular flexibility index (Phi) is 13.8. The van der Waals surface area contributed by atoms with E-state index < -0.39 is 0 Å². The van der Waals surface area contributed by atoms with E-state index in [2.05, 4.69) is 95.2 Å². The maximum absolute atomic E-state index is 15.2. The summed E-state index contributed by atoms with van der Waals surface area (Å²) in [7, 11) is 0. The molecule has 0 N–H and O–H groups in total. The molecule has 0 spiro atoms. The van der Waals surface area contributed by atoms with Gasteiger partial charge in [0, 0.05) is 62.8 Å². The van der Waals surface area contributed by atoms with Crippen LogP contribution in [0.2, 0.25) is 0 Å². The molecule has 2 aliphatic rings. The first kappa shape index (κ1) is 49.5. The first-order valence-electron chi connectivity index (χ1n) is 25.7. The van der Waals surface area contributed by atoms with E-state index in [1.165, 1.54) is 68.2 Å². The molecular weight excluding hydrogens is 921 g/mol. The third-order valence-electron chi connectivity index (χ3n) is 14.0. The Morgan fingerprint density at radius 2 is 0.853 bits per heavy atom. The third kappa shape index (κ3) is 9.20. The van der Waals surface area contributed by atoms with Crippen molar-refractivity contribution in [3.8, 4) is 42.5 Å². The monoisotopic (exact) mass is 994 g/mol. The van der Waals surface area contributed by atoms with Crippen molar-refractivity contribution in [1.82, 2.24) is 0 Å². The zero-order chi connectivity index (χ0) is 48.5. The van der Waals surface area contributed by atoms with Gasteiger partial charge in [0.05, 0.1) is 50.8 Å². The van der Waals surface area contributed by atoms with Crippen LogP contribution in [0.4, 0.5) is 0 Å². The summed E-state index contributed by atoms with van der Waals surface area (Å²) in [4.78, 5) is 36.6. The van der Waals surface area contributed by atoms with Crippen LogP contribution in [-0.2, 0) is 23.7 Å². The molecule has 6 heterocycles. The van der Waals surface area contributed by atoms with E-state index in [1.807, 2.05) is 0 Å². The van der Waals surface area contributed by atoms with Crippen LogP contribution in [0.5, 0.6) is 23.0 Å². The predicted molar refractivity (Wildman–Crippen MR) is 295 cm³/mol. The summed E-state index contributed by atoms with van der Waals surface area (Å²) < 4.78 is 29.3. The lowest BCUT2D eigenvalue weighted by atomic mass is 9.89. The second kappa shape index (κ2) is 19.0. The number of fused-ring (bicyclic) bond motifs is 8. The van der Waals surface area contributed by atoms with Crippen molar-refractivity contribution >= 4 is 87.1 Å². The van der Waals surface area contributed by atoms with Gasteiger partial charge >= 0.3 is 0 Å². The Morgan fingerprint density at radius 3 is 1.35 bits per heavy atom. The van der Waals surface area contributed by atoms with E-state index in [0.717, 1.165) is 127 Å². The van der Waals surface area contributed by atoms with Gasteiger partial charge in [-0.1, -0.05) is 147 Å². The zero-order valence-corrected chi connectivity index (χ0v) is 46.2. The fraction of sp³-hybridized carbons (Fsp3) is 0.586. The topological polar surface area (TPSA) is 71.1 Å². The summed E-state index contributed by atoms with van der Waals surface area (Å²) in [6, 6.07) is 4.17. The number of benzene rings is 1. The van der Waals surface area contributed by atoms with Gasteiger partial charge in [-0.05, 0) is 54.4 Å². The second-order valence-electron chi connectivity index (χ2n) is 23.7. The van der Waals surface area contributed by atoms with Crippen LogP contribution in [0.3, 0.4) is 0 Å². The number of thiophene rings is 4. The highest BCUT2D eigenvalue weighted by Crippen LogP contribution is 2.63. The van der Waals surface area contributed by atoms with Crippen LogP contribution in [0, 0.1) is 10.8 Å². The number of ether oxygens (including phenoxy) is 4. The molecule has 0 unspecified atom stereocenters. The molecule has 0 atom stereocenters. The minimum Gasteiger partial charge on any atom is -0.488 e. The standard InChI is InChI=1S/C58H74O6S4/c1-13-15-17-19-21-23-25-33-39-41(59)35-28-38-36(42(60)40-34(26-24-22-20-18-16-14-2)53(55(3,4)5)67-48(38)40)27-37(35)47(39)65-49(33)50-43-44(62-30-57(9,10)29-61-43)51(66-50)52-45-46(54(68-52)56(6,7)8)64-32-58(11,12)31-63-45/h27-28H,13-26,29-32H2,1-12H3. The molecule has 0 saturated heterocycles. The van der Waals surface area contributed by atoms with E-state index in [9.17, 15) is 4.79 Å². The Morgan fingerprint density at radius 1 is 0.456 bits per heavy atom. The van der Waals surface area contributed by atoms with Gasteiger partial charge in [-0.25, -0.2) is 0 Å². The Labute approximate surface area is 420 Å². The molecule has 2 aliphatic heterocycles. The lowest BCUT2D eigenvalue weighted by Crippen LogP contribution is -2.26. The molecule has 0 fully saturated rings. The fourth-order valence-corrected chi connectivity index (χ4v) is 15.8. The van der Waals surface area contributed by atoms with Crippen molar-refractivity contribution in [3.63, 3.8) is 0 Å². The third-order valence-corrected chi connectivity index (χ3v) is 20.0. The van der Waals surface area contributed by atoms with Gasteiger partial charge < -0.3 is 18.9 Å². The Balaban J connectivity index is 1.23. The summed E-state index contributed by atoms with van der Waals surface area (Å²) >= 11 is 6.92. The minimum atomic E-state index is -0.220. The quantitative estimate of drug-likeness (QED) is 0.0899. The summed E-state index contributed by atoms with van der Waals surface area (Å²) in [6.07, 6.45) is 16.0. The molecule has 3 aromatic carbocycles. The first-order chi connectivity index (χ1) is 32.2. The van der Waals surface area contributed by atoms with E-state index in [1.54, 1.807) is 45.3 Å². The molecule has 0 saturated carbocycles. The van der Waals surface area contributed by atoms with Crippen LogP contribution in [-0.4, -0.2) is 26.4 Å². The molecule has 6 nitrogen and oxygen atoms in total. The molecule has 366 valence electrons. The average Bonchev–Trinajstić information content (AvgIpc) is 4.08. The number of unbranched alkanes of at least 4 members (excludes halogenated alkanes) is 10. The van der Waals surface area contributed by atoms with Crippen LogP contribution in [0.25, 0.3) is 61.2 Å². The lowest BCUT2D eigenvalue weighted by molar-refractivity contribution is 0.139. The van der Waals surface area contributed by atoms with E-state index in [0.29, 0.717) is 26.4 Å². The van der Waals surface area contributed by atoms with Gasteiger partial charge in [0.25, 0.3) is 0 Å². The molecule has 0 bridgehead atoms. The molecule has 68 heavy (non-hydrogen) atoms. The van der Waals surface area contributed by atoms with E-state index in [-0.39, 0.29) is 32.5 Å². The van der Waals surface area contributed by atoms with Gasteiger partial charge in [0.1, 0.15) is 0 Å². The maximum Gasteiger partial charge on any atom is 0.195 e. The molecule has 0 aliphatic carbocycles. The number of aryl methyl sites for hydroxylation is 2. The molecule has 0 amide bonds. The largest absolute Gasteiger partial charge is 0.488 e. The van der Waals surface area contributed by atoms with Gasteiger partial charge in [0.15, 0.2) is 33.9 Å². The summed E-state index contributed by atoms with van der Waals surface area (Å²) in [5, 5.41) is 5.01. The fourth-order valence-electron chi connectivity index (χ4n) is 10.3. The first-order valence-corrected chi connectivity index (χ1v) is 29.0. The van der Waals surface area contributed by atoms with Gasteiger partial charge in [-0.3, -0.25) is 9.59 Å². The second-order valence-corrected chi connectivity index (χ2v) is 27.8. The highest BCUT2D eigenvalue weighted by molar-refractivity contribution is 7.30. The van der Waals surface area contributed by atoms with Crippen LogP contribution in [0.15, 0.2) is 21.7 Å². The van der Waals surface area contributed by atoms with Crippen molar-refractivity contribution in [2.75, 3.05) is 26.4 Å². The molecular formula is C58H74O6S4. The predicted octanol–water partition coefficient (Wildman–Crippen LogP) is 17.5. The summed E-state index contributed by atoms with van der Waals surface area (Å²) in [6.45, 7) is 28.9. The summed E-state index contributed by atoms with van der Waals surface area (Å²) in [5.41, 5.74) is 1.91. The molecule has 10 heteroatoms. The number of hydrogen-bond acceptors (Lipinski definition) is 10. The highest BCUT2D eigenvalue weighted by Gasteiger charge is 2.40. The van der Waals surface area contributed by atoms with Gasteiger partial charge in [0.2, 0.25) is 0 Å². The zero-order valence-electron chi connectivity index (χ0n) is 43.0. The average molecular weight is 995 g/mol. The SMILES string of the molecule is CCCCCCCCc1c(-c2sc(-c3sc(C(C)(C)C)c4c3OCC(C)(C)CO4)c3c2OCC(C)(C)CO3)sc2c1c(=O)c1cc3c(cc12)c(=O)c1c(CCCCCCCC)c(C(C)(C)C)sc13. The van der Waals surface area contributed by atoms with Crippen molar-refractivity contribution in [1.29, 1.82) is 0 Å². The van der Waals surface area contributed by atoms with Crippen molar-refractivity contribution in [2.24, 2.45) is 10.8 Å². The molecule has 0 radical (unpaired) electrons. The van der Waals surface area contributed by atoms with Crippen LogP contribution in [0.1, 0.15) is 181 Å². The maximum atomic E-state index is 15.2. The van der Waals surface area contributed by atoms with Crippen LogP contribution < -0.4 is 29.8 Å². The molecule has 4 aromatic heterocycles. The van der Waals surface area contributed by atoms with Crippen molar-refractivity contribution in [3.05, 3.63) is 53.5 Å². The normalized spacial score (nSPS) is 16.2. The molecule has 7 aromatic rings. The Hall–Kier alpha value is -3.44. The van der Waals surface area contributed by atoms with Crippen molar-refractivity contribution in [2.45, 2.75) is 184 Å². The minimum absolute atomic E-state index is 0.0785. The molecule has 9 rings (SSSR count). The van der Waals surface area contributed by atoms with Crippen LogP contribution >= 0.6 is 45.3 Å².